The van der Waals surface area contributed by atoms with Crippen molar-refractivity contribution in [3.8, 4) is 0 Å². The van der Waals surface area contributed by atoms with Gasteiger partial charge in [-0.15, -0.1) is 6.58 Å². The largest absolute Gasteiger partial charge is 0.351 e. The van der Waals surface area contributed by atoms with Crippen LogP contribution in [0.15, 0.2) is 36.9 Å². The van der Waals surface area contributed by atoms with Gasteiger partial charge in [-0.25, -0.2) is 0 Å². The molecule has 1 saturated heterocycles. The Balaban J connectivity index is 1.64. The summed E-state index contributed by atoms with van der Waals surface area (Å²) in [7, 11) is 0. The van der Waals surface area contributed by atoms with Crippen molar-refractivity contribution in [2.24, 2.45) is 5.92 Å². The van der Waals surface area contributed by atoms with Gasteiger partial charge in [-0.2, -0.15) is 0 Å². The first-order valence-electron chi connectivity index (χ1n) is 9.78. The zero-order valence-corrected chi connectivity index (χ0v) is 16.5. The summed E-state index contributed by atoms with van der Waals surface area (Å²) in [5.74, 6) is 0.460. The van der Waals surface area contributed by atoms with Crippen LogP contribution in [0.2, 0.25) is 5.02 Å². The van der Waals surface area contributed by atoms with Gasteiger partial charge in [-0.3, -0.25) is 14.5 Å². The lowest BCUT2D eigenvalue weighted by atomic mass is 9.95. The predicted molar refractivity (Wildman–Crippen MR) is 108 cm³/mol. The molecule has 1 saturated carbocycles. The topological polar surface area (TPSA) is 52.7 Å². The molecule has 1 aliphatic heterocycles. The Labute approximate surface area is 166 Å². The third-order valence-corrected chi connectivity index (χ3v) is 5.96. The normalized spacial score (nSPS) is 19.7. The van der Waals surface area contributed by atoms with E-state index in [9.17, 15) is 9.59 Å². The van der Waals surface area contributed by atoms with Crippen LogP contribution >= 0.6 is 11.6 Å². The van der Waals surface area contributed by atoms with Crippen LogP contribution in [0.25, 0.3) is 0 Å². The monoisotopic (exact) mass is 389 g/mol. The van der Waals surface area contributed by atoms with Gasteiger partial charge < -0.3 is 10.2 Å². The van der Waals surface area contributed by atoms with Crippen LogP contribution in [0, 0.1) is 5.92 Å². The van der Waals surface area contributed by atoms with Gasteiger partial charge in [-0.05, 0) is 30.9 Å². The van der Waals surface area contributed by atoms with Crippen LogP contribution in [-0.4, -0.2) is 60.4 Å². The molecule has 0 spiro atoms. The van der Waals surface area contributed by atoms with E-state index in [0.717, 1.165) is 12.8 Å². The van der Waals surface area contributed by atoms with Crippen molar-refractivity contribution >= 4 is 23.4 Å². The lowest BCUT2D eigenvalue weighted by molar-refractivity contribution is -0.129. The molecule has 5 nitrogen and oxygen atoms in total. The predicted octanol–water partition coefficient (Wildman–Crippen LogP) is 2.96. The zero-order valence-electron chi connectivity index (χ0n) is 15.7. The lowest BCUT2D eigenvalue weighted by Crippen LogP contribution is -2.58. The van der Waals surface area contributed by atoms with Crippen LogP contribution in [-0.2, 0) is 4.79 Å². The quantitative estimate of drug-likeness (QED) is 0.761. The summed E-state index contributed by atoms with van der Waals surface area (Å²) in [5.41, 5.74) is 0.545. The number of carbonyl (C=O) groups excluding carboxylic acids is 2. The smallest absolute Gasteiger partial charge is 0.255 e. The maximum atomic E-state index is 12.8. The summed E-state index contributed by atoms with van der Waals surface area (Å²) in [5, 5.41) is 3.46. The van der Waals surface area contributed by atoms with E-state index < -0.39 is 0 Å². The molecule has 27 heavy (non-hydrogen) atoms. The van der Waals surface area contributed by atoms with Crippen molar-refractivity contribution in [1.82, 2.24) is 15.1 Å². The highest BCUT2D eigenvalue weighted by Gasteiger charge is 2.37. The molecule has 1 aliphatic carbocycles. The number of carbonyl (C=O) groups is 2. The molecular weight excluding hydrogens is 362 g/mol. The number of amides is 2. The van der Waals surface area contributed by atoms with E-state index >= 15 is 0 Å². The van der Waals surface area contributed by atoms with Crippen molar-refractivity contribution < 1.29 is 9.59 Å². The molecule has 1 atom stereocenters. The number of benzene rings is 1. The second-order valence-electron chi connectivity index (χ2n) is 7.33. The highest BCUT2D eigenvalue weighted by Crippen LogP contribution is 2.31. The Kier molecular flexibility index (Phi) is 6.91. The van der Waals surface area contributed by atoms with Gasteiger partial charge in [-0.1, -0.05) is 42.7 Å². The molecule has 0 unspecified atom stereocenters. The fourth-order valence-corrected chi connectivity index (χ4v) is 4.45. The molecule has 1 heterocycles. The SMILES string of the molecule is C=CCNC(=O)[C@@H](C1CCCC1)N1CCN(C(=O)c2ccccc2Cl)CC1. The molecule has 146 valence electrons. The fraction of sp³-hybridized carbons (Fsp3) is 0.524. The number of nitrogens with one attached hydrogen (secondary N) is 1. The van der Waals surface area contributed by atoms with Gasteiger partial charge in [0.05, 0.1) is 16.6 Å². The zero-order chi connectivity index (χ0) is 19.2. The maximum absolute atomic E-state index is 12.8. The number of halogens is 1. The van der Waals surface area contributed by atoms with E-state index in [2.05, 4.69) is 16.8 Å². The molecule has 0 bridgehead atoms. The van der Waals surface area contributed by atoms with E-state index in [1.165, 1.54) is 12.8 Å². The summed E-state index contributed by atoms with van der Waals surface area (Å²) in [4.78, 5) is 29.6. The van der Waals surface area contributed by atoms with Crippen molar-refractivity contribution in [3.05, 3.63) is 47.5 Å². The van der Waals surface area contributed by atoms with E-state index in [-0.39, 0.29) is 17.9 Å². The van der Waals surface area contributed by atoms with Gasteiger partial charge in [0.15, 0.2) is 0 Å². The van der Waals surface area contributed by atoms with Crippen LogP contribution < -0.4 is 5.32 Å². The molecule has 1 aromatic carbocycles. The minimum absolute atomic E-state index is 0.0335. The van der Waals surface area contributed by atoms with Crippen molar-refractivity contribution in [2.45, 2.75) is 31.7 Å². The molecule has 2 amide bonds. The van der Waals surface area contributed by atoms with Crippen molar-refractivity contribution in [1.29, 1.82) is 0 Å². The van der Waals surface area contributed by atoms with E-state index in [1.54, 1.807) is 18.2 Å². The number of piperazine rings is 1. The highest BCUT2D eigenvalue weighted by atomic mass is 35.5. The number of hydrogen-bond acceptors (Lipinski definition) is 3. The van der Waals surface area contributed by atoms with E-state index in [0.29, 0.717) is 49.2 Å². The molecule has 6 heteroatoms. The number of rotatable bonds is 6. The summed E-state index contributed by atoms with van der Waals surface area (Å²) in [6.07, 6.45) is 6.31. The molecular formula is C21H28ClN3O2. The summed E-state index contributed by atoms with van der Waals surface area (Å²) in [6, 6.07) is 7.05. The minimum atomic E-state index is -0.106. The molecule has 0 aromatic heterocycles. The highest BCUT2D eigenvalue weighted by molar-refractivity contribution is 6.33. The third kappa shape index (κ3) is 4.71. The first-order valence-corrected chi connectivity index (χ1v) is 10.2. The summed E-state index contributed by atoms with van der Waals surface area (Å²) < 4.78 is 0. The van der Waals surface area contributed by atoms with Crippen LogP contribution in [0.4, 0.5) is 0 Å². The molecule has 2 fully saturated rings. The summed E-state index contributed by atoms with van der Waals surface area (Å²) in [6.45, 7) is 6.82. The molecule has 1 N–H and O–H groups in total. The first-order chi connectivity index (χ1) is 13.1. The summed E-state index contributed by atoms with van der Waals surface area (Å²) >= 11 is 6.17. The Morgan fingerprint density at radius 2 is 1.85 bits per heavy atom. The van der Waals surface area contributed by atoms with Gasteiger partial charge in [0, 0.05) is 32.7 Å². The maximum Gasteiger partial charge on any atom is 0.255 e. The van der Waals surface area contributed by atoms with Crippen molar-refractivity contribution in [2.75, 3.05) is 32.7 Å². The Morgan fingerprint density at radius 1 is 1.19 bits per heavy atom. The van der Waals surface area contributed by atoms with E-state index in [4.69, 9.17) is 11.6 Å². The Hall–Kier alpha value is -1.85. The number of nitrogens with zero attached hydrogens (tertiary/aromatic N) is 2. The average Bonchev–Trinajstić information content (AvgIpc) is 3.21. The molecule has 0 radical (unpaired) electrons. The second-order valence-corrected chi connectivity index (χ2v) is 7.74. The van der Waals surface area contributed by atoms with Crippen LogP contribution in [0.3, 0.4) is 0 Å². The molecule has 3 rings (SSSR count). The van der Waals surface area contributed by atoms with Crippen LogP contribution in [0.1, 0.15) is 36.0 Å². The van der Waals surface area contributed by atoms with Gasteiger partial charge >= 0.3 is 0 Å². The first kappa shape index (κ1) is 19.9. The third-order valence-electron chi connectivity index (χ3n) is 5.63. The fourth-order valence-electron chi connectivity index (χ4n) is 4.24. The van der Waals surface area contributed by atoms with E-state index in [1.807, 2.05) is 17.0 Å². The Morgan fingerprint density at radius 3 is 2.48 bits per heavy atom. The Bertz CT molecular complexity index is 680. The lowest BCUT2D eigenvalue weighted by Gasteiger charge is -2.40. The van der Waals surface area contributed by atoms with Gasteiger partial charge in [0.2, 0.25) is 5.91 Å². The standard InChI is InChI=1S/C21H28ClN3O2/c1-2-11-23-20(26)19(16-7-3-4-8-16)24-12-14-25(15-13-24)21(27)17-9-5-6-10-18(17)22/h2,5-6,9-10,16,19H,1,3-4,7-8,11-15H2,(H,23,26)/t19-/m1/s1. The van der Waals surface area contributed by atoms with Crippen molar-refractivity contribution in [3.63, 3.8) is 0 Å². The minimum Gasteiger partial charge on any atom is -0.351 e. The molecule has 2 aliphatic rings. The van der Waals surface area contributed by atoms with Gasteiger partial charge in [0.25, 0.3) is 5.91 Å². The van der Waals surface area contributed by atoms with Crippen LogP contribution in [0.5, 0.6) is 0 Å². The average molecular weight is 390 g/mol. The number of hydrogen-bond donors (Lipinski definition) is 1. The molecule has 1 aromatic rings. The second kappa shape index (κ2) is 9.38. The van der Waals surface area contributed by atoms with Gasteiger partial charge in [0.1, 0.15) is 0 Å².